The normalized spacial score (nSPS) is 24.9. The van der Waals surface area contributed by atoms with Gasteiger partial charge in [0.05, 0.1) is 5.69 Å². The van der Waals surface area contributed by atoms with Crippen LogP contribution >= 0.6 is 0 Å². The van der Waals surface area contributed by atoms with Crippen LogP contribution in [0.3, 0.4) is 0 Å². The first-order valence-corrected chi connectivity index (χ1v) is 6.60. The molecule has 1 unspecified atom stereocenters. The minimum absolute atomic E-state index is 0.413. The van der Waals surface area contributed by atoms with Gasteiger partial charge in [0, 0.05) is 26.2 Å². The summed E-state index contributed by atoms with van der Waals surface area (Å²) >= 11 is 0. The van der Waals surface area contributed by atoms with Crippen LogP contribution in [-0.2, 0) is 7.05 Å². The highest BCUT2D eigenvalue weighted by atomic mass is 15.3. The third kappa shape index (κ3) is 2.80. The van der Waals surface area contributed by atoms with E-state index in [9.17, 15) is 0 Å². The number of hydrogen-bond donors (Lipinski definition) is 2. The van der Waals surface area contributed by atoms with E-state index in [0.29, 0.717) is 5.41 Å². The van der Waals surface area contributed by atoms with Gasteiger partial charge < -0.3 is 10.6 Å². The molecule has 0 radical (unpaired) electrons. The molecule has 0 aliphatic carbocycles. The lowest BCUT2D eigenvalue weighted by Crippen LogP contribution is -2.44. The van der Waals surface area contributed by atoms with Crippen LogP contribution in [0.25, 0.3) is 0 Å². The molecular weight excluding hydrogens is 212 g/mol. The lowest BCUT2D eigenvalue weighted by atomic mass is 9.78. The molecule has 1 atom stereocenters. The first kappa shape index (κ1) is 12.4. The van der Waals surface area contributed by atoms with Crippen molar-refractivity contribution >= 4 is 5.82 Å². The average molecular weight is 236 g/mol. The average Bonchev–Trinajstić information content (AvgIpc) is 2.67. The molecule has 1 fully saturated rings. The molecule has 1 aliphatic rings. The molecule has 2 N–H and O–H groups in total. The van der Waals surface area contributed by atoms with Gasteiger partial charge in [-0.25, -0.2) is 0 Å². The topological polar surface area (TPSA) is 41.9 Å². The Morgan fingerprint density at radius 3 is 2.94 bits per heavy atom. The van der Waals surface area contributed by atoms with Crippen LogP contribution in [0.5, 0.6) is 0 Å². The van der Waals surface area contributed by atoms with Crippen molar-refractivity contribution in [1.82, 2.24) is 15.1 Å². The van der Waals surface area contributed by atoms with Crippen molar-refractivity contribution in [3.8, 4) is 0 Å². The van der Waals surface area contributed by atoms with Gasteiger partial charge in [-0.05, 0) is 38.1 Å². The summed E-state index contributed by atoms with van der Waals surface area (Å²) < 4.78 is 1.93. The Labute approximate surface area is 104 Å². The second-order valence-electron chi connectivity index (χ2n) is 5.28. The summed E-state index contributed by atoms with van der Waals surface area (Å²) in [6, 6.07) is 2.11. The maximum Gasteiger partial charge on any atom is 0.124 e. The van der Waals surface area contributed by atoms with Crippen LogP contribution in [0.2, 0.25) is 0 Å². The van der Waals surface area contributed by atoms with E-state index in [1.807, 2.05) is 18.7 Å². The zero-order valence-corrected chi connectivity index (χ0v) is 11.2. The van der Waals surface area contributed by atoms with Gasteiger partial charge in [0.25, 0.3) is 0 Å². The van der Waals surface area contributed by atoms with Crippen molar-refractivity contribution in [2.75, 3.05) is 25.0 Å². The van der Waals surface area contributed by atoms with Crippen LogP contribution in [0.1, 0.15) is 31.9 Å². The van der Waals surface area contributed by atoms with Gasteiger partial charge in [0.15, 0.2) is 0 Å². The van der Waals surface area contributed by atoms with Crippen LogP contribution < -0.4 is 10.6 Å². The second-order valence-corrected chi connectivity index (χ2v) is 5.28. The molecule has 0 amide bonds. The highest BCUT2D eigenvalue weighted by molar-refractivity contribution is 5.36. The lowest BCUT2D eigenvalue weighted by Gasteiger charge is -2.37. The van der Waals surface area contributed by atoms with E-state index in [1.54, 1.807) is 0 Å². The summed E-state index contributed by atoms with van der Waals surface area (Å²) in [6.45, 7) is 7.67. The number of nitrogens with zero attached hydrogens (tertiary/aromatic N) is 2. The molecule has 1 aromatic heterocycles. The van der Waals surface area contributed by atoms with Crippen molar-refractivity contribution in [1.29, 1.82) is 0 Å². The molecule has 1 aromatic rings. The quantitative estimate of drug-likeness (QED) is 0.839. The first-order chi connectivity index (χ1) is 8.15. The Bertz CT molecular complexity index is 363. The van der Waals surface area contributed by atoms with Gasteiger partial charge in [0.2, 0.25) is 0 Å². The monoisotopic (exact) mass is 236 g/mol. The van der Waals surface area contributed by atoms with Crippen LogP contribution in [0.15, 0.2) is 6.07 Å². The van der Waals surface area contributed by atoms with Gasteiger partial charge >= 0.3 is 0 Å². The number of piperidine rings is 1. The number of nitrogens with one attached hydrogen (secondary N) is 2. The number of aryl methyl sites for hydroxylation is 2. The predicted octanol–water partition coefficient (Wildman–Crippen LogP) is 1.92. The minimum atomic E-state index is 0.413. The molecule has 1 saturated heterocycles. The number of anilines is 1. The van der Waals surface area contributed by atoms with E-state index >= 15 is 0 Å². The standard InChI is InChI=1S/C13H24N4/c1-4-13(6-5-7-14-9-13)10-15-12-8-11(2)16-17(12)3/h8,14-15H,4-7,9-10H2,1-3H3. The van der Waals surface area contributed by atoms with E-state index in [-0.39, 0.29) is 0 Å². The van der Waals surface area contributed by atoms with Crippen molar-refractivity contribution in [2.45, 2.75) is 33.1 Å². The molecular formula is C13H24N4. The minimum Gasteiger partial charge on any atom is -0.370 e. The zero-order valence-electron chi connectivity index (χ0n) is 11.2. The van der Waals surface area contributed by atoms with Gasteiger partial charge in [-0.15, -0.1) is 0 Å². The molecule has 1 aliphatic heterocycles. The molecule has 4 heteroatoms. The third-order valence-electron chi connectivity index (χ3n) is 3.96. The van der Waals surface area contributed by atoms with Gasteiger partial charge in [-0.2, -0.15) is 5.10 Å². The number of hydrogen-bond acceptors (Lipinski definition) is 3. The molecule has 0 saturated carbocycles. The molecule has 0 aromatic carbocycles. The van der Waals surface area contributed by atoms with Gasteiger partial charge in [0.1, 0.15) is 5.82 Å². The Hall–Kier alpha value is -1.03. The fraction of sp³-hybridized carbons (Fsp3) is 0.769. The Morgan fingerprint density at radius 2 is 2.41 bits per heavy atom. The van der Waals surface area contributed by atoms with Crippen LogP contribution in [0.4, 0.5) is 5.82 Å². The van der Waals surface area contributed by atoms with E-state index < -0.39 is 0 Å². The van der Waals surface area contributed by atoms with Gasteiger partial charge in [-0.3, -0.25) is 4.68 Å². The van der Waals surface area contributed by atoms with E-state index in [0.717, 1.165) is 24.6 Å². The number of aromatic nitrogens is 2. The number of rotatable bonds is 4. The summed E-state index contributed by atoms with van der Waals surface area (Å²) in [7, 11) is 1.99. The summed E-state index contributed by atoms with van der Waals surface area (Å²) in [5.74, 6) is 1.13. The third-order valence-corrected chi connectivity index (χ3v) is 3.96. The van der Waals surface area contributed by atoms with E-state index in [2.05, 4.69) is 28.7 Å². The van der Waals surface area contributed by atoms with Crippen molar-refractivity contribution in [3.63, 3.8) is 0 Å². The Balaban J connectivity index is 1.98. The maximum absolute atomic E-state index is 4.36. The fourth-order valence-corrected chi connectivity index (χ4v) is 2.66. The van der Waals surface area contributed by atoms with Crippen molar-refractivity contribution < 1.29 is 0 Å². The highest BCUT2D eigenvalue weighted by Gasteiger charge is 2.30. The van der Waals surface area contributed by atoms with Crippen LogP contribution in [-0.4, -0.2) is 29.4 Å². The summed E-state index contributed by atoms with van der Waals surface area (Å²) in [4.78, 5) is 0. The second kappa shape index (κ2) is 5.08. The Morgan fingerprint density at radius 1 is 1.59 bits per heavy atom. The molecule has 2 rings (SSSR count). The smallest absolute Gasteiger partial charge is 0.124 e. The predicted molar refractivity (Wildman–Crippen MR) is 71.3 cm³/mol. The largest absolute Gasteiger partial charge is 0.370 e. The van der Waals surface area contributed by atoms with Gasteiger partial charge in [-0.1, -0.05) is 6.92 Å². The molecule has 0 spiro atoms. The fourth-order valence-electron chi connectivity index (χ4n) is 2.66. The summed E-state index contributed by atoms with van der Waals surface area (Å²) in [6.07, 6.45) is 3.84. The molecule has 2 heterocycles. The van der Waals surface area contributed by atoms with E-state index in [4.69, 9.17) is 0 Å². The Kier molecular flexibility index (Phi) is 3.72. The lowest BCUT2D eigenvalue weighted by molar-refractivity contribution is 0.216. The SMILES string of the molecule is CCC1(CNc2cc(C)nn2C)CCCNC1. The van der Waals surface area contributed by atoms with Crippen molar-refractivity contribution in [2.24, 2.45) is 12.5 Å². The molecule has 4 nitrogen and oxygen atoms in total. The molecule has 17 heavy (non-hydrogen) atoms. The summed E-state index contributed by atoms with van der Waals surface area (Å²) in [5, 5.41) is 11.4. The first-order valence-electron chi connectivity index (χ1n) is 6.60. The molecule has 96 valence electrons. The van der Waals surface area contributed by atoms with Crippen molar-refractivity contribution in [3.05, 3.63) is 11.8 Å². The van der Waals surface area contributed by atoms with Crippen LogP contribution in [0, 0.1) is 12.3 Å². The highest BCUT2D eigenvalue weighted by Crippen LogP contribution is 2.30. The van der Waals surface area contributed by atoms with E-state index in [1.165, 1.54) is 25.8 Å². The maximum atomic E-state index is 4.36. The summed E-state index contributed by atoms with van der Waals surface area (Å²) in [5.41, 5.74) is 1.48. The zero-order chi connectivity index (χ0) is 12.3. The molecule has 0 bridgehead atoms.